The second-order valence-corrected chi connectivity index (χ2v) is 9.32. The zero-order valence-corrected chi connectivity index (χ0v) is 20.9. The molecule has 2 aliphatic rings. The molecule has 1 saturated carbocycles. The van der Waals surface area contributed by atoms with Crippen molar-refractivity contribution in [3.05, 3.63) is 65.1 Å². The smallest absolute Gasteiger partial charge is 0.256 e. The van der Waals surface area contributed by atoms with Gasteiger partial charge in [-0.05, 0) is 60.9 Å². The minimum Gasteiger partial charge on any atom is -0.490 e. The molecule has 0 atom stereocenters. The summed E-state index contributed by atoms with van der Waals surface area (Å²) in [5, 5.41) is 0.874. The van der Waals surface area contributed by atoms with Gasteiger partial charge in [0.15, 0.2) is 0 Å². The van der Waals surface area contributed by atoms with Crippen LogP contribution in [-0.2, 0) is 17.8 Å². The van der Waals surface area contributed by atoms with Gasteiger partial charge >= 0.3 is 0 Å². The van der Waals surface area contributed by atoms with Gasteiger partial charge < -0.3 is 24.7 Å². The number of likely N-dealkylation sites (tertiary alicyclic amines) is 1. The summed E-state index contributed by atoms with van der Waals surface area (Å²) in [6.07, 6.45) is 5.74. The molecule has 0 spiro atoms. The van der Waals surface area contributed by atoms with Crippen molar-refractivity contribution in [3.8, 4) is 5.75 Å². The molecule has 6 nitrogen and oxygen atoms in total. The normalized spacial score (nSPS) is 16.4. The van der Waals surface area contributed by atoms with Gasteiger partial charge in [0.25, 0.3) is 5.91 Å². The monoisotopic (exact) mass is 501 g/mol. The summed E-state index contributed by atoms with van der Waals surface area (Å²) in [6, 6.07) is 11.1. The molecule has 188 valence electrons. The summed E-state index contributed by atoms with van der Waals surface area (Å²) in [7, 11) is 1.68. The third kappa shape index (κ3) is 5.32. The highest BCUT2D eigenvalue weighted by molar-refractivity contribution is 6.09. The molecule has 35 heavy (non-hydrogen) atoms. The van der Waals surface area contributed by atoms with Crippen molar-refractivity contribution in [3.63, 3.8) is 0 Å². The summed E-state index contributed by atoms with van der Waals surface area (Å²) < 4.78 is 28.0. The van der Waals surface area contributed by atoms with E-state index < -0.39 is 0 Å². The lowest BCUT2D eigenvalue weighted by atomic mass is 9.88. The number of halogens is 2. The number of hydrogen-bond acceptors (Lipinski definition) is 4. The van der Waals surface area contributed by atoms with Gasteiger partial charge in [-0.3, -0.25) is 4.79 Å². The fraction of sp³-hybridized carbons (Fsp3) is 0.444. The maximum atomic E-state index is 14.5. The van der Waals surface area contributed by atoms with Crippen LogP contribution in [0.2, 0.25) is 0 Å². The first-order valence-electron chi connectivity index (χ1n) is 12.1. The van der Waals surface area contributed by atoms with E-state index in [-0.39, 0.29) is 36.2 Å². The Hall–Kier alpha value is -2.61. The molecule has 5 rings (SSSR count). The molecule has 8 heteroatoms. The van der Waals surface area contributed by atoms with Crippen LogP contribution >= 0.6 is 12.4 Å². The fourth-order valence-electron chi connectivity index (χ4n) is 4.92. The summed E-state index contributed by atoms with van der Waals surface area (Å²) in [5.74, 6) is 0.676. The maximum absolute atomic E-state index is 14.5. The predicted octanol–water partition coefficient (Wildman–Crippen LogP) is 4.87. The molecule has 1 aromatic heterocycles. The number of aromatic nitrogens is 1. The lowest BCUT2D eigenvalue weighted by Crippen LogP contribution is -2.38. The van der Waals surface area contributed by atoms with Crippen LogP contribution in [0.1, 0.15) is 53.1 Å². The standard InChI is InChI=1S/C27H32FN3O3.ClH/c1-33-14-13-31-17-22(26-24(31)3-2-4-25(26)34-20-6-7-20)27(32)30-11-9-19(10-12-30)21-15-18(16-29)5-8-23(21)28;/h2-5,8,15,17,19-20H,6-7,9-14,16,29H2,1H3;1H. The second-order valence-electron chi connectivity index (χ2n) is 9.32. The number of nitrogens with two attached hydrogens (primary N) is 1. The topological polar surface area (TPSA) is 69.7 Å². The van der Waals surface area contributed by atoms with Crippen molar-refractivity contribution in [2.75, 3.05) is 26.8 Å². The summed E-state index contributed by atoms with van der Waals surface area (Å²) in [5.41, 5.74) is 9.04. The second kappa shape index (κ2) is 11.0. The Balaban J connectivity index is 0.00000289. The summed E-state index contributed by atoms with van der Waals surface area (Å²) >= 11 is 0. The SMILES string of the molecule is COCCn1cc(C(=O)N2CCC(c3cc(CN)ccc3F)CC2)c2c(OC3CC3)cccc21.Cl. The van der Waals surface area contributed by atoms with Crippen LogP contribution in [0.4, 0.5) is 4.39 Å². The Bertz CT molecular complexity index is 1190. The van der Waals surface area contributed by atoms with Crippen LogP contribution in [0.5, 0.6) is 5.75 Å². The minimum absolute atomic E-state index is 0. The number of benzene rings is 2. The van der Waals surface area contributed by atoms with Gasteiger partial charge in [-0.15, -0.1) is 12.4 Å². The molecule has 0 radical (unpaired) electrons. The van der Waals surface area contributed by atoms with Crippen molar-refractivity contribution in [2.24, 2.45) is 5.73 Å². The zero-order chi connectivity index (χ0) is 23.7. The molecule has 0 unspecified atom stereocenters. The summed E-state index contributed by atoms with van der Waals surface area (Å²) in [6.45, 7) is 2.79. The van der Waals surface area contributed by atoms with Crippen molar-refractivity contribution >= 4 is 29.2 Å². The first kappa shape index (κ1) is 25.5. The van der Waals surface area contributed by atoms with Crippen molar-refractivity contribution in [2.45, 2.75) is 50.8 Å². The van der Waals surface area contributed by atoms with Gasteiger partial charge in [0.1, 0.15) is 11.6 Å². The molecule has 2 N–H and O–H groups in total. The Kier molecular flexibility index (Phi) is 7.99. The molecule has 1 aliphatic carbocycles. The molecule has 2 fully saturated rings. The minimum atomic E-state index is -0.190. The number of carbonyl (C=O) groups is 1. The van der Waals surface area contributed by atoms with E-state index in [1.54, 1.807) is 13.2 Å². The molecular formula is C27H33ClFN3O3. The maximum Gasteiger partial charge on any atom is 0.256 e. The molecular weight excluding hydrogens is 469 g/mol. The number of carbonyl (C=O) groups excluding carboxylic acids is 1. The number of rotatable bonds is 8. The quantitative estimate of drug-likeness (QED) is 0.478. The van der Waals surface area contributed by atoms with Crippen LogP contribution < -0.4 is 10.5 Å². The Labute approximate surface area is 211 Å². The average Bonchev–Trinajstić information content (AvgIpc) is 3.61. The van der Waals surface area contributed by atoms with E-state index in [4.69, 9.17) is 15.2 Å². The first-order valence-corrected chi connectivity index (χ1v) is 12.1. The van der Waals surface area contributed by atoms with E-state index >= 15 is 0 Å². The number of fused-ring (bicyclic) bond motifs is 1. The Morgan fingerprint density at radius 2 is 1.91 bits per heavy atom. The van der Waals surface area contributed by atoms with Crippen LogP contribution in [0.15, 0.2) is 42.6 Å². The van der Waals surface area contributed by atoms with E-state index in [1.165, 1.54) is 6.07 Å². The van der Waals surface area contributed by atoms with Crippen molar-refractivity contribution in [1.82, 2.24) is 9.47 Å². The third-order valence-electron chi connectivity index (χ3n) is 6.97. The lowest BCUT2D eigenvalue weighted by molar-refractivity contribution is 0.0713. The number of piperidine rings is 1. The average molecular weight is 502 g/mol. The van der Waals surface area contributed by atoms with Crippen LogP contribution in [0.3, 0.4) is 0 Å². The molecule has 1 amide bonds. The van der Waals surface area contributed by atoms with Gasteiger partial charge in [-0.1, -0.05) is 18.2 Å². The molecule has 2 aromatic carbocycles. The van der Waals surface area contributed by atoms with Crippen LogP contribution in [-0.4, -0.2) is 48.3 Å². The zero-order valence-electron chi connectivity index (χ0n) is 20.0. The Morgan fingerprint density at radius 3 is 2.60 bits per heavy atom. The number of nitrogens with zero attached hydrogens (tertiary/aromatic N) is 2. The third-order valence-corrected chi connectivity index (χ3v) is 6.97. The van der Waals surface area contributed by atoms with Gasteiger partial charge in [-0.25, -0.2) is 4.39 Å². The molecule has 2 heterocycles. The van der Waals surface area contributed by atoms with Crippen LogP contribution in [0.25, 0.3) is 10.9 Å². The highest BCUT2D eigenvalue weighted by Gasteiger charge is 2.30. The Morgan fingerprint density at radius 1 is 1.14 bits per heavy atom. The summed E-state index contributed by atoms with van der Waals surface area (Å²) in [4.78, 5) is 15.6. The number of amides is 1. The van der Waals surface area contributed by atoms with E-state index in [0.717, 1.165) is 47.9 Å². The largest absolute Gasteiger partial charge is 0.490 e. The van der Waals surface area contributed by atoms with Gasteiger partial charge in [0.2, 0.25) is 0 Å². The molecule has 1 saturated heterocycles. The van der Waals surface area contributed by atoms with Gasteiger partial charge in [0.05, 0.1) is 29.2 Å². The predicted molar refractivity (Wildman–Crippen MR) is 137 cm³/mol. The molecule has 0 bridgehead atoms. The highest BCUT2D eigenvalue weighted by Crippen LogP contribution is 2.37. The highest BCUT2D eigenvalue weighted by atomic mass is 35.5. The number of methoxy groups -OCH3 is 1. The molecule has 1 aliphatic heterocycles. The van der Waals surface area contributed by atoms with E-state index in [0.29, 0.717) is 43.9 Å². The number of hydrogen-bond donors (Lipinski definition) is 1. The van der Waals surface area contributed by atoms with Gasteiger partial charge in [-0.2, -0.15) is 0 Å². The molecule has 3 aromatic rings. The number of ether oxygens (including phenoxy) is 2. The van der Waals surface area contributed by atoms with E-state index in [2.05, 4.69) is 4.57 Å². The van der Waals surface area contributed by atoms with Crippen molar-refractivity contribution < 1.29 is 18.7 Å². The van der Waals surface area contributed by atoms with Gasteiger partial charge in [0, 0.05) is 39.5 Å². The van der Waals surface area contributed by atoms with E-state index in [9.17, 15) is 9.18 Å². The van der Waals surface area contributed by atoms with Crippen LogP contribution in [0, 0.1) is 5.82 Å². The first-order chi connectivity index (χ1) is 16.6. The fourth-order valence-corrected chi connectivity index (χ4v) is 4.92. The lowest BCUT2D eigenvalue weighted by Gasteiger charge is -2.32. The van der Waals surface area contributed by atoms with E-state index in [1.807, 2.05) is 35.4 Å². The van der Waals surface area contributed by atoms with Crippen molar-refractivity contribution in [1.29, 1.82) is 0 Å².